The van der Waals surface area contributed by atoms with Crippen molar-refractivity contribution in [1.29, 1.82) is 0 Å². The van der Waals surface area contributed by atoms with E-state index in [9.17, 15) is 4.79 Å². The van der Waals surface area contributed by atoms with Gasteiger partial charge in [-0.2, -0.15) is 0 Å². The van der Waals surface area contributed by atoms with Crippen LogP contribution < -0.4 is 4.74 Å². The topological polar surface area (TPSA) is 52.1 Å². The van der Waals surface area contributed by atoms with Gasteiger partial charge in [0.25, 0.3) is 0 Å². The first kappa shape index (κ1) is 18.4. The van der Waals surface area contributed by atoms with Gasteiger partial charge < -0.3 is 4.74 Å². The Morgan fingerprint density at radius 1 is 0.929 bits per heavy atom. The first-order valence-electron chi connectivity index (χ1n) is 8.53. The van der Waals surface area contributed by atoms with Crippen molar-refractivity contribution in [2.45, 2.75) is 0 Å². The Morgan fingerprint density at radius 2 is 1.68 bits per heavy atom. The Bertz CT molecular complexity index is 1160. The fourth-order valence-electron chi connectivity index (χ4n) is 2.76. The third-order valence-electron chi connectivity index (χ3n) is 4.20. The summed E-state index contributed by atoms with van der Waals surface area (Å²) in [5.41, 5.74) is 3.76. The predicted molar refractivity (Wildman–Crippen MR) is 111 cm³/mol. The lowest BCUT2D eigenvalue weighted by molar-refractivity contribution is 0.0921. The van der Waals surface area contributed by atoms with Crippen LogP contribution in [0.25, 0.3) is 22.3 Å². The molecule has 0 N–H and O–H groups in total. The van der Waals surface area contributed by atoms with Gasteiger partial charge in [-0.1, -0.05) is 35.3 Å². The van der Waals surface area contributed by atoms with E-state index in [2.05, 4.69) is 9.97 Å². The Morgan fingerprint density at radius 3 is 2.43 bits per heavy atom. The molecule has 0 radical (unpaired) electrons. The van der Waals surface area contributed by atoms with Crippen LogP contribution in [0.5, 0.6) is 5.75 Å². The number of halogens is 2. The van der Waals surface area contributed by atoms with Gasteiger partial charge in [0.2, 0.25) is 5.78 Å². The minimum Gasteiger partial charge on any atom is -0.485 e. The lowest BCUT2D eigenvalue weighted by atomic mass is 10.1. The molecule has 28 heavy (non-hydrogen) atoms. The van der Waals surface area contributed by atoms with Crippen LogP contribution in [0.1, 0.15) is 10.4 Å². The summed E-state index contributed by atoms with van der Waals surface area (Å²) >= 11 is 11.9. The van der Waals surface area contributed by atoms with E-state index in [-0.39, 0.29) is 12.4 Å². The Balaban J connectivity index is 1.46. The second kappa shape index (κ2) is 7.97. The molecule has 0 unspecified atom stereocenters. The van der Waals surface area contributed by atoms with E-state index < -0.39 is 0 Å². The van der Waals surface area contributed by atoms with Gasteiger partial charge in [0, 0.05) is 16.1 Å². The van der Waals surface area contributed by atoms with E-state index in [0.717, 1.165) is 22.3 Å². The molecular weight excluding hydrogens is 395 g/mol. The Labute approximate surface area is 171 Å². The molecule has 3 aromatic carbocycles. The molecular formula is C22H14Cl2N2O2. The van der Waals surface area contributed by atoms with Crippen LogP contribution in [-0.2, 0) is 0 Å². The quantitative estimate of drug-likeness (QED) is 0.387. The van der Waals surface area contributed by atoms with Gasteiger partial charge in [-0.3, -0.25) is 9.78 Å². The van der Waals surface area contributed by atoms with Crippen molar-refractivity contribution in [1.82, 2.24) is 9.97 Å². The largest absolute Gasteiger partial charge is 0.485 e. The van der Waals surface area contributed by atoms with Crippen molar-refractivity contribution in [2.75, 3.05) is 6.61 Å². The third-order valence-corrected chi connectivity index (χ3v) is 4.75. The standard InChI is InChI=1S/C22H14Cl2N2O2/c23-15-7-10-17(18(24)11-15)22(27)13-28-16-8-5-14(6-9-16)21-12-25-19-3-1-2-4-20(19)26-21/h1-12H,13H2. The van der Waals surface area contributed by atoms with E-state index in [1.54, 1.807) is 30.5 Å². The smallest absolute Gasteiger partial charge is 0.201 e. The molecule has 0 amide bonds. The van der Waals surface area contributed by atoms with E-state index in [1.807, 2.05) is 36.4 Å². The highest BCUT2D eigenvalue weighted by atomic mass is 35.5. The summed E-state index contributed by atoms with van der Waals surface area (Å²) < 4.78 is 5.59. The number of hydrogen-bond acceptors (Lipinski definition) is 4. The molecule has 138 valence electrons. The fraction of sp³-hybridized carbons (Fsp3) is 0.0455. The number of benzene rings is 3. The highest BCUT2D eigenvalue weighted by Crippen LogP contribution is 2.24. The zero-order chi connectivity index (χ0) is 19.5. The molecule has 0 fully saturated rings. The number of ether oxygens (including phenoxy) is 1. The summed E-state index contributed by atoms with van der Waals surface area (Å²) in [6, 6.07) is 19.8. The average Bonchev–Trinajstić information content (AvgIpc) is 2.72. The fourth-order valence-corrected chi connectivity index (χ4v) is 3.27. The van der Waals surface area contributed by atoms with Crippen LogP contribution in [0.2, 0.25) is 10.0 Å². The Hall–Kier alpha value is -2.95. The summed E-state index contributed by atoms with van der Waals surface area (Å²) in [5.74, 6) is 0.363. The van der Waals surface area contributed by atoms with Crippen molar-refractivity contribution in [3.63, 3.8) is 0 Å². The van der Waals surface area contributed by atoms with Crippen molar-refractivity contribution >= 4 is 40.0 Å². The molecule has 6 heteroatoms. The number of para-hydroxylation sites is 2. The SMILES string of the molecule is O=C(COc1ccc(-c2cnc3ccccc3n2)cc1)c1ccc(Cl)cc1Cl. The maximum absolute atomic E-state index is 12.3. The van der Waals surface area contributed by atoms with Crippen LogP contribution in [0.3, 0.4) is 0 Å². The normalized spacial score (nSPS) is 10.8. The monoisotopic (exact) mass is 408 g/mol. The van der Waals surface area contributed by atoms with E-state index >= 15 is 0 Å². The number of ketones is 1. The number of carbonyl (C=O) groups excluding carboxylic acids is 1. The number of carbonyl (C=O) groups is 1. The summed E-state index contributed by atoms with van der Waals surface area (Å²) in [6.45, 7) is -0.115. The number of hydrogen-bond donors (Lipinski definition) is 0. The third kappa shape index (κ3) is 3.98. The molecule has 0 aliphatic rings. The van der Waals surface area contributed by atoms with Crippen LogP contribution in [0.15, 0.2) is 72.9 Å². The lowest BCUT2D eigenvalue weighted by Gasteiger charge is -2.08. The summed E-state index contributed by atoms with van der Waals surface area (Å²) in [6.07, 6.45) is 1.74. The molecule has 0 aliphatic carbocycles. The van der Waals surface area contributed by atoms with Crippen molar-refractivity contribution in [3.05, 3.63) is 88.5 Å². The molecule has 0 bridgehead atoms. The van der Waals surface area contributed by atoms with Crippen molar-refractivity contribution in [3.8, 4) is 17.0 Å². The highest BCUT2D eigenvalue weighted by Gasteiger charge is 2.12. The minimum atomic E-state index is -0.217. The van der Waals surface area contributed by atoms with Gasteiger partial charge in [-0.25, -0.2) is 4.98 Å². The van der Waals surface area contributed by atoms with E-state index in [4.69, 9.17) is 27.9 Å². The van der Waals surface area contributed by atoms with Crippen LogP contribution in [0, 0.1) is 0 Å². The second-order valence-electron chi connectivity index (χ2n) is 6.10. The first-order chi connectivity index (χ1) is 13.6. The van der Waals surface area contributed by atoms with Crippen molar-refractivity contribution < 1.29 is 9.53 Å². The van der Waals surface area contributed by atoms with Crippen LogP contribution >= 0.6 is 23.2 Å². The lowest BCUT2D eigenvalue weighted by Crippen LogP contribution is -2.12. The molecule has 1 aromatic heterocycles. The zero-order valence-corrected chi connectivity index (χ0v) is 16.1. The number of Topliss-reactive ketones (excluding diaryl/α,β-unsaturated/α-hetero) is 1. The second-order valence-corrected chi connectivity index (χ2v) is 6.95. The Kier molecular flexibility index (Phi) is 5.24. The van der Waals surface area contributed by atoms with Crippen LogP contribution in [0.4, 0.5) is 0 Å². The number of fused-ring (bicyclic) bond motifs is 1. The van der Waals surface area contributed by atoms with Crippen molar-refractivity contribution in [2.24, 2.45) is 0 Å². The number of rotatable bonds is 5. The summed E-state index contributed by atoms with van der Waals surface area (Å²) in [4.78, 5) is 21.3. The summed E-state index contributed by atoms with van der Waals surface area (Å²) in [5, 5.41) is 0.793. The van der Waals surface area contributed by atoms with Gasteiger partial charge >= 0.3 is 0 Å². The molecule has 0 atom stereocenters. The van der Waals surface area contributed by atoms with E-state index in [1.165, 1.54) is 6.07 Å². The highest BCUT2D eigenvalue weighted by molar-refractivity contribution is 6.36. The van der Waals surface area contributed by atoms with Gasteiger partial charge in [0.05, 0.1) is 27.9 Å². The maximum atomic E-state index is 12.3. The molecule has 4 nitrogen and oxygen atoms in total. The average molecular weight is 409 g/mol. The molecule has 0 aliphatic heterocycles. The zero-order valence-electron chi connectivity index (χ0n) is 14.6. The van der Waals surface area contributed by atoms with Gasteiger partial charge in [0.1, 0.15) is 5.75 Å². The minimum absolute atomic E-state index is 0.115. The molecule has 0 saturated heterocycles. The number of aromatic nitrogens is 2. The number of nitrogens with zero attached hydrogens (tertiary/aromatic N) is 2. The predicted octanol–water partition coefficient (Wildman–Crippen LogP) is 5.87. The maximum Gasteiger partial charge on any atom is 0.201 e. The molecule has 4 rings (SSSR count). The molecule has 0 saturated carbocycles. The first-order valence-corrected chi connectivity index (χ1v) is 9.29. The van der Waals surface area contributed by atoms with Gasteiger partial charge in [-0.15, -0.1) is 0 Å². The summed E-state index contributed by atoms with van der Waals surface area (Å²) in [7, 11) is 0. The molecule has 4 aromatic rings. The molecule has 0 spiro atoms. The van der Waals surface area contributed by atoms with Crippen LogP contribution in [-0.4, -0.2) is 22.4 Å². The molecule has 1 heterocycles. The van der Waals surface area contributed by atoms with Gasteiger partial charge in [-0.05, 0) is 54.6 Å². The van der Waals surface area contributed by atoms with E-state index in [0.29, 0.717) is 21.4 Å². The van der Waals surface area contributed by atoms with Gasteiger partial charge in [0.15, 0.2) is 6.61 Å².